The van der Waals surface area contributed by atoms with E-state index in [4.69, 9.17) is 5.73 Å². The molecule has 1 heterocycles. The van der Waals surface area contributed by atoms with Crippen LogP contribution in [0.3, 0.4) is 0 Å². The number of imidazole rings is 1. The van der Waals surface area contributed by atoms with Crippen molar-refractivity contribution in [2.24, 2.45) is 18.7 Å². The summed E-state index contributed by atoms with van der Waals surface area (Å²) in [6.45, 7) is 3.60. The quantitative estimate of drug-likeness (QED) is 0.684. The molecule has 0 fully saturated rings. The molecule has 25 heavy (non-hydrogen) atoms. The second kappa shape index (κ2) is 7.61. The molecule has 1 aromatic carbocycles. The predicted octanol–water partition coefficient (Wildman–Crippen LogP) is 1.28. The molecule has 0 aliphatic carbocycles. The molecule has 0 saturated carbocycles. The van der Waals surface area contributed by atoms with Crippen LogP contribution < -0.4 is 16.4 Å². The highest BCUT2D eigenvalue weighted by Crippen LogP contribution is 2.14. The van der Waals surface area contributed by atoms with Gasteiger partial charge >= 0.3 is 6.03 Å². The third-order valence-electron chi connectivity index (χ3n) is 3.69. The van der Waals surface area contributed by atoms with Gasteiger partial charge in [-0.1, -0.05) is 13.8 Å². The van der Waals surface area contributed by atoms with Crippen LogP contribution in [0, 0.1) is 5.92 Å². The lowest BCUT2D eigenvalue weighted by atomic mass is 10.0. The number of nitrogens with zero attached hydrogens (tertiary/aromatic N) is 2. The van der Waals surface area contributed by atoms with E-state index >= 15 is 0 Å². The van der Waals surface area contributed by atoms with Gasteiger partial charge in [0.2, 0.25) is 11.7 Å². The minimum absolute atomic E-state index is 0.128. The molecular formula is C17H21N5O3. The van der Waals surface area contributed by atoms with E-state index in [2.05, 4.69) is 15.6 Å². The Labute approximate surface area is 145 Å². The van der Waals surface area contributed by atoms with Crippen LogP contribution in [0.1, 0.15) is 30.0 Å². The maximum Gasteiger partial charge on any atom is 0.312 e. The number of aromatic nitrogens is 2. The van der Waals surface area contributed by atoms with Crippen LogP contribution in [0.25, 0.3) is 0 Å². The Morgan fingerprint density at radius 2 is 1.80 bits per heavy atom. The molecule has 2 rings (SSSR count). The van der Waals surface area contributed by atoms with Gasteiger partial charge in [0.1, 0.15) is 6.04 Å². The first-order valence-electron chi connectivity index (χ1n) is 7.78. The molecule has 1 aromatic heterocycles. The number of nitrogens with two attached hydrogens (primary N) is 1. The summed E-state index contributed by atoms with van der Waals surface area (Å²) >= 11 is 0. The van der Waals surface area contributed by atoms with Gasteiger partial charge in [0.25, 0.3) is 0 Å². The second-order valence-corrected chi connectivity index (χ2v) is 5.99. The van der Waals surface area contributed by atoms with Gasteiger partial charge in [0.05, 0.1) is 0 Å². The number of anilines is 1. The van der Waals surface area contributed by atoms with Crippen molar-refractivity contribution in [3.63, 3.8) is 0 Å². The third-order valence-corrected chi connectivity index (χ3v) is 3.69. The molecule has 4 N–H and O–H groups in total. The zero-order valence-electron chi connectivity index (χ0n) is 14.3. The number of nitrogens with one attached hydrogen (secondary N) is 2. The van der Waals surface area contributed by atoms with Crippen molar-refractivity contribution in [3.8, 4) is 0 Å². The first-order valence-corrected chi connectivity index (χ1v) is 7.78. The Morgan fingerprint density at radius 3 is 2.28 bits per heavy atom. The summed E-state index contributed by atoms with van der Waals surface area (Å²) in [4.78, 5) is 39.7. The highest BCUT2D eigenvalue weighted by atomic mass is 16.2. The molecule has 0 bridgehead atoms. The summed E-state index contributed by atoms with van der Waals surface area (Å²) in [5.74, 6) is -0.378. The number of aryl methyl sites for hydroxylation is 1. The number of carbonyl (C=O) groups is 3. The van der Waals surface area contributed by atoms with E-state index in [0.717, 1.165) is 0 Å². The first kappa shape index (κ1) is 18.2. The van der Waals surface area contributed by atoms with Gasteiger partial charge in [-0.25, -0.2) is 9.78 Å². The van der Waals surface area contributed by atoms with E-state index in [1.54, 1.807) is 62.1 Å². The molecular weight excluding hydrogens is 322 g/mol. The molecule has 1 unspecified atom stereocenters. The Hall–Kier alpha value is -3.16. The average Bonchev–Trinajstić information content (AvgIpc) is 2.98. The Balaban J connectivity index is 2.09. The third kappa shape index (κ3) is 4.43. The molecule has 0 aliphatic rings. The molecule has 2 aromatic rings. The number of primary amides is 1. The van der Waals surface area contributed by atoms with Crippen LogP contribution in [-0.2, 0) is 11.8 Å². The van der Waals surface area contributed by atoms with Gasteiger partial charge in [-0.05, 0) is 30.2 Å². The minimum atomic E-state index is -0.759. The summed E-state index contributed by atoms with van der Waals surface area (Å²) in [6, 6.07) is 4.96. The fourth-order valence-corrected chi connectivity index (χ4v) is 2.33. The minimum Gasteiger partial charge on any atom is -0.352 e. The average molecular weight is 343 g/mol. The summed E-state index contributed by atoms with van der Waals surface area (Å²) in [6.07, 6.45) is 3.25. The molecule has 8 heteroatoms. The number of hydrogen-bond donors (Lipinski definition) is 3. The van der Waals surface area contributed by atoms with Gasteiger partial charge < -0.3 is 20.9 Å². The number of carbonyl (C=O) groups excluding carboxylic acids is 3. The summed E-state index contributed by atoms with van der Waals surface area (Å²) in [5, 5.41) is 5.12. The van der Waals surface area contributed by atoms with Crippen molar-refractivity contribution < 1.29 is 14.4 Å². The topological polar surface area (TPSA) is 119 Å². The second-order valence-electron chi connectivity index (χ2n) is 5.99. The van der Waals surface area contributed by atoms with Crippen molar-refractivity contribution in [1.82, 2.24) is 14.9 Å². The Kier molecular flexibility index (Phi) is 5.53. The van der Waals surface area contributed by atoms with Crippen LogP contribution in [-0.4, -0.2) is 33.3 Å². The molecule has 1 atom stereocenters. The van der Waals surface area contributed by atoms with Gasteiger partial charge in [0.15, 0.2) is 5.82 Å². The van der Waals surface area contributed by atoms with E-state index in [9.17, 15) is 14.4 Å². The molecule has 3 amide bonds. The molecule has 8 nitrogen and oxygen atoms in total. The van der Waals surface area contributed by atoms with Gasteiger partial charge in [-0.2, -0.15) is 0 Å². The number of rotatable bonds is 6. The van der Waals surface area contributed by atoms with Crippen LogP contribution in [0.4, 0.5) is 10.5 Å². The normalized spacial score (nSPS) is 11.8. The summed E-state index contributed by atoms with van der Waals surface area (Å²) < 4.78 is 1.64. The zero-order valence-corrected chi connectivity index (χ0v) is 14.3. The number of amides is 3. The van der Waals surface area contributed by atoms with E-state index in [1.165, 1.54) is 0 Å². The highest BCUT2D eigenvalue weighted by Gasteiger charge is 2.23. The fourth-order valence-electron chi connectivity index (χ4n) is 2.33. The zero-order chi connectivity index (χ0) is 18.6. The molecule has 0 spiro atoms. The number of ketones is 1. The molecule has 0 radical (unpaired) electrons. The van der Waals surface area contributed by atoms with Gasteiger partial charge in [-0.15, -0.1) is 0 Å². The predicted molar refractivity (Wildman–Crippen MR) is 93.1 cm³/mol. The standard InChI is InChI=1S/C17H21N5O3/c1-10(2)13(21-17(18)25)16(24)20-12-6-4-11(5-7-12)14(23)15-19-8-9-22(15)3/h4-10,13H,1-3H3,(H,20,24)(H3,18,21,25). The van der Waals surface area contributed by atoms with Crippen LogP contribution in [0.15, 0.2) is 36.7 Å². The van der Waals surface area contributed by atoms with Gasteiger partial charge in [-0.3, -0.25) is 9.59 Å². The first-order chi connectivity index (χ1) is 11.8. The maximum absolute atomic E-state index is 12.3. The summed E-state index contributed by atoms with van der Waals surface area (Å²) in [7, 11) is 1.74. The van der Waals surface area contributed by atoms with E-state index in [-0.39, 0.29) is 17.6 Å². The lowest BCUT2D eigenvalue weighted by molar-refractivity contribution is -0.118. The van der Waals surface area contributed by atoms with Crippen molar-refractivity contribution in [3.05, 3.63) is 48.0 Å². The lowest BCUT2D eigenvalue weighted by Crippen LogP contribution is -2.49. The van der Waals surface area contributed by atoms with Crippen molar-refractivity contribution in [1.29, 1.82) is 0 Å². The highest BCUT2D eigenvalue weighted by molar-refractivity contribution is 6.07. The van der Waals surface area contributed by atoms with Gasteiger partial charge in [0, 0.05) is 30.7 Å². The summed E-state index contributed by atoms with van der Waals surface area (Å²) in [5.41, 5.74) is 6.07. The number of hydrogen-bond acceptors (Lipinski definition) is 4. The van der Waals surface area contributed by atoms with E-state index < -0.39 is 12.1 Å². The Bertz CT molecular complexity index is 780. The Morgan fingerprint density at radius 1 is 1.16 bits per heavy atom. The number of benzene rings is 1. The van der Waals surface area contributed by atoms with E-state index in [1.807, 2.05) is 0 Å². The monoisotopic (exact) mass is 343 g/mol. The van der Waals surface area contributed by atoms with Crippen molar-refractivity contribution in [2.75, 3.05) is 5.32 Å². The molecule has 0 aliphatic heterocycles. The van der Waals surface area contributed by atoms with E-state index in [0.29, 0.717) is 17.1 Å². The molecule has 0 saturated heterocycles. The number of urea groups is 1. The molecule has 132 valence electrons. The maximum atomic E-state index is 12.3. The van der Waals surface area contributed by atoms with Crippen molar-refractivity contribution in [2.45, 2.75) is 19.9 Å². The SMILES string of the molecule is CC(C)C(NC(N)=O)C(=O)Nc1ccc(C(=O)c2nccn2C)cc1. The smallest absolute Gasteiger partial charge is 0.312 e. The van der Waals surface area contributed by atoms with Crippen LogP contribution in [0.5, 0.6) is 0 Å². The fraction of sp³-hybridized carbons (Fsp3) is 0.294. The van der Waals surface area contributed by atoms with Crippen molar-refractivity contribution >= 4 is 23.4 Å². The van der Waals surface area contributed by atoms with Crippen LogP contribution >= 0.6 is 0 Å². The van der Waals surface area contributed by atoms with Crippen LogP contribution in [0.2, 0.25) is 0 Å². The lowest BCUT2D eigenvalue weighted by Gasteiger charge is -2.20. The largest absolute Gasteiger partial charge is 0.352 e.